The Bertz CT molecular complexity index is 1210. The molecular formula is C46H80NO10P. The molecule has 12 heteroatoms. The van der Waals surface area contributed by atoms with Gasteiger partial charge in [0.1, 0.15) is 12.6 Å². The smallest absolute Gasteiger partial charge is 0.472 e. The van der Waals surface area contributed by atoms with Crippen molar-refractivity contribution in [2.45, 2.75) is 193 Å². The Hall–Kier alpha value is -2.82. The molecule has 0 aromatic rings. The highest BCUT2D eigenvalue weighted by molar-refractivity contribution is 7.47. The molecule has 0 aliphatic rings. The van der Waals surface area contributed by atoms with Gasteiger partial charge in [-0.05, 0) is 83.5 Å². The van der Waals surface area contributed by atoms with Gasteiger partial charge in [0, 0.05) is 12.8 Å². The van der Waals surface area contributed by atoms with E-state index in [1.54, 1.807) is 0 Å². The molecule has 4 N–H and O–H groups in total. The molecule has 58 heavy (non-hydrogen) atoms. The maximum absolute atomic E-state index is 12.6. The first-order chi connectivity index (χ1) is 28.1. The van der Waals surface area contributed by atoms with Crippen LogP contribution in [0.1, 0.15) is 181 Å². The van der Waals surface area contributed by atoms with Crippen molar-refractivity contribution in [3.05, 3.63) is 60.8 Å². The number of hydrogen-bond donors (Lipinski definition) is 3. The topological polar surface area (TPSA) is 172 Å². The molecule has 1 unspecified atom stereocenters. The monoisotopic (exact) mass is 838 g/mol. The van der Waals surface area contributed by atoms with E-state index in [0.717, 1.165) is 64.2 Å². The number of nitrogens with two attached hydrogens (primary N) is 1. The predicted octanol–water partition coefficient (Wildman–Crippen LogP) is 12.0. The molecule has 0 radical (unpaired) electrons. The SMILES string of the molecule is CCCCC/C=C\C/C=C\C/C=C\C/C=C\CCCCCC(=O)O[C@H](COC(=O)CCCCCCCCC/C=C\CCCCCC)COP(=O)(O)OC[C@H](N)C(=O)O. The van der Waals surface area contributed by atoms with Crippen LogP contribution in [-0.2, 0) is 37.5 Å². The largest absolute Gasteiger partial charge is 0.480 e. The van der Waals surface area contributed by atoms with Gasteiger partial charge in [0.05, 0.1) is 13.2 Å². The van der Waals surface area contributed by atoms with Crippen LogP contribution in [0.15, 0.2) is 60.8 Å². The van der Waals surface area contributed by atoms with Crippen LogP contribution in [0.4, 0.5) is 0 Å². The second-order valence-corrected chi connectivity index (χ2v) is 16.3. The van der Waals surface area contributed by atoms with E-state index >= 15 is 0 Å². The number of aliphatic carboxylic acids is 1. The van der Waals surface area contributed by atoms with E-state index < -0.39 is 51.1 Å². The summed E-state index contributed by atoms with van der Waals surface area (Å²) < 4.78 is 32.7. The first kappa shape index (κ1) is 55.2. The van der Waals surface area contributed by atoms with Crippen LogP contribution >= 0.6 is 7.82 Å². The van der Waals surface area contributed by atoms with E-state index in [1.807, 2.05) is 0 Å². The lowest BCUT2D eigenvalue weighted by molar-refractivity contribution is -0.161. The minimum absolute atomic E-state index is 0.121. The number of rotatable bonds is 41. The molecule has 0 spiro atoms. The number of esters is 2. The van der Waals surface area contributed by atoms with Gasteiger partial charge >= 0.3 is 25.7 Å². The van der Waals surface area contributed by atoms with Gasteiger partial charge in [-0.2, -0.15) is 0 Å². The maximum atomic E-state index is 12.6. The maximum Gasteiger partial charge on any atom is 0.472 e. The third-order valence-corrected chi connectivity index (χ3v) is 10.2. The molecule has 0 aliphatic carbocycles. The highest BCUT2D eigenvalue weighted by atomic mass is 31.2. The first-order valence-corrected chi connectivity index (χ1v) is 23.8. The van der Waals surface area contributed by atoms with E-state index in [2.05, 4.69) is 79.1 Å². The van der Waals surface area contributed by atoms with Crippen molar-refractivity contribution in [2.75, 3.05) is 19.8 Å². The first-order valence-electron chi connectivity index (χ1n) is 22.3. The summed E-state index contributed by atoms with van der Waals surface area (Å²) in [5.41, 5.74) is 5.33. The molecule has 0 aromatic carbocycles. The van der Waals surface area contributed by atoms with Crippen LogP contribution in [0.5, 0.6) is 0 Å². The van der Waals surface area contributed by atoms with Crippen molar-refractivity contribution in [1.82, 2.24) is 0 Å². The standard InChI is InChI=1S/C46H80NO10P/c1-3-5-7-9-11-13-15-17-19-20-21-22-24-26-28-30-32-34-36-38-45(49)57-42(40-55-58(52,53)56-41-43(47)46(50)51)39-54-44(48)37-35-33-31-29-27-25-23-18-16-14-12-10-8-6-4-2/h11,13-14,16-17,19,21-22,26,28,42-43H,3-10,12,15,18,20,23-25,27,29-41,47H2,1-2H3,(H,50,51)(H,52,53)/b13-11-,16-14-,19-17-,22-21-,28-26-/t42-,43+/m1/s1. The fourth-order valence-corrected chi connectivity index (χ4v) is 6.47. The summed E-state index contributed by atoms with van der Waals surface area (Å²) in [5, 5.41) is 8.89. The fraction of sp³-hybridized carbons (Fsp3) is 0.717. The predicted molar refractivity (Wildman–Crippen MR) is 235 cm³/mol. The molecular weight excluding hydrogens is 757 g/mol. The van der Waals surface area contributed by atoms with Crippen LogP contribution in [-0.4, -0.2) is 59.9 Å². The van der Waals surface area contributed by atoms with E-state index in [4.69, 9.17) is 24.8 Å². The van der Waals surface area contributed by atoms with E-state index in [0.29, 0.717) is 12.8 Å². The van der Waals surface area contributed by atoms with Crippen molar-refractivity contribution < 1.29 is 47.5 Å². The minimum Gasteiger partial charge on any atom is -0.480 e. The Labute approximate surface area is 351 Å². The molecule has 0 saturated carbocycles. The second-order valence-electron chi connectivity index (χ2n) is 14.8. The van der Waals surface area contributed by atoms with E-state index in [9.17, 15) is 23.8 Å². The summed E-state index contributed by atoms with van der Waals surface area (Å²) in [5.74, 6) is -2.43. The summed E-state index contributed by atoms with van der Waals surface area (Å²) >= 11 is 0. The Morgan fingerprint density at radius 3 is 1.43 bits per heavy atom. The second kappa shape index (κ2) is 40.9. The quantitative estimate of drug-likeness (QED) is 0.0231. The Morgan fingerprint density at radius 2 is 0.914 bits per heavy atom. The zero-order valence-corrected chi connectivity index (χ0v) is 37.0. The summed E-state index contributed by atoms with van der Waals surface area (Å²) in [7, 11) is -4.73. The Kier molecular flexibility index (Phi) is 38.9. The number of carbonyl (C=O) groups is 3. The molecule has 3 atom stereocenters. The number of carboxylic acids is 1. The van der Waals surface area contributed by atoms with Gasteiger partial charge in [-0.15, -0.1) is 0 Å². The molecule has 0 aliphatic heterocycles. The van der Waals surface area contributed by atoms with Crippen molar-refractivity contribution in [3.63, 3.8) is 0 Å². The number of unbranched alkanes of at least 4 members (excludes halogenated alkanes) is 17. The van der Waals surface area contributed by atoms with Crippen LogP contribution in [0.2, 0.25) is 0 Å². The van der Waals surface area contributed by atoms with Crippen molar-refractivity contribution >= 4 is 25.7 Å². The fourth-order valence-electron chi connectivity index (χ4n) is 5.69. The van der Waals surface area contributed by atoms with Gasteiger partial charge in [-0.25, -0.2) is 4.57 Å². The third kappa shape index (κ3) is 40.0. The average molecular weight is 838 g/mol. The van der Waals surface area contributed by atoms with Crippen LogP contribution in [0.3, 0.4) is 0 Å². The lowest BCUT2D eigenvalue weighted by Gasteiger charge is -2.20. The van der Waals surface area contributed by atoms with Crippen molar-refractivity contribution in [3.8, 4) is 0 Å². The van der Waals surface area contributed by atoms with Crippen LogP contribution in [0, 0.1) is 0 Å². The lowest BCUT2D eigenvalue weighted by Crippen LogP contribution is -2.34. The summed E-state index contributed by atoms with van der Waals surface area (Å²) in [6, 6.07) is -1.53. The molecule has 0 rings (SSSR count). The number of allylic oxidation sites excluding steroid dienone is 10. The zero-order valence-electron chi connectivity index (χ0n) is 36.1. The van der Waals surface area contributed by atoms with Gasteiger partial charge < -0.3 is 25.2 Å². The number of phosphoric ester groups is 1. The zero-order chi connectivity index (χ0) is 42.8. The van der Waals surface area contributed by atoms with Gasteiger partial charge in [0.2, 0.25) is 0 Å². The van der Waals surface area contributed by atoms with Gasteiger partial charge in [0.15, 0.2) is 6.10 Å². The van der Waals surface area contributed by atoms with Gasteiger partial charge in [-0.3, -0.25) is 23.4 Å². The number of hydrogen-bond acceptors (Lipinski definition) is 9. The molecule has 11 nitrogen and oxygen atoms in total. The van der Waals surface area contributed by atoms with E-state index in [-0.39, 0.29) is 19.4 Å². The highest BCUT2D eigenvalue weighted by Gasteiger charge is 2.28. The number of carboxylic acid groups (broad SMARTS) is 1. The number of phosphoric acid groups is 1. The van der Waals surface area contributed by atoms with Gasteiger partial charge in [-0.1, -0.05) is 145 Å². The van der Waals surface area contributed by atoms with E-state index in [1.165, 1.54) is 77.0 Å². The Balaban J connectivity index is 4.43. The highest BCUT2D eigenvalue weighted by Crippen LogP contribution is 2.43. The molecule has 334 valence electrons. The molecule has 0 bridgehead atoms. The molecule has 0 aromatic heterocycles. The number of ether oxygens (including phenoxy) is 2. The van der Waals surface area contributed by atoms with Crippen molar-refractivity contribution in [1.29, 1.82) is 0 Å². The summed E-state index contributed by atoms with van der Waals surface area (Å²) in [6.45, 7) is 2.72. The third-order valence-electron chi connectivity index (χ3n) is 9.24. The lowest BCUT2D eigenvalue weighted by atomic mass is 10.1. The molecule has 0 saturated heterocycles. The minimum atomic E-state index is -4.73. The van der Waals surface area contributed by atoms with Crippen LogP contribution < -0.4 is 5.73 Å². The average Bonchev–Trinajstić information content (AvgIpc) is 3.20. The molecule has 0 fully saturated rings. The van der Waals surface area contributed by atoms with Crippen molar-refractivity contribution in [2.24, 2.45) is 5.73 Å². The normalized spacial score (nSPS) is 14.3. The summed E-state index contributed by atoms with van der Waals surface area (Å²) in [4.78, 5) is 46.0. The molecule has 0 heterocycles. The molecule has 0 amide bonds. The summed E-state index contributed by atoms with van der Waals surface area (Å²) in [6.07, 6.45) is 47.1. The van der Waals surface area contributed by atoms with Crippen LogP contribution in [0.25, 0.3) is 0 Å². The Morgan fingerprint density at radius 1 is 0.534 bits per heavy atom. The van der Waals surface area contributed by atoms with Gasteiger partial charge in [0.25, 0.3) is 0 Å². The number of carbonyl (C=O) groups excluding carboxylic acids is 2.